The summed E-state index contributed by atoms with van der Waals surface area (Å²) in [6, 6.07) is 35.3. The maximum atomic E-state index is 6.37. The average molecular weight is 522 g/mol. The second kappa shape index (κ2) is 9.00. The molecule has 3 aromatic carbocycles. The third-order valence-corrected chi connectivity index (χ3v) is 8.84. The fourth-order valence-electron chi connectivity index (χ4n) is 5.88. The molecule has 0 radical (unpaired) electrons. The molecule has 0 bridgehead atoms. The van der Waals surface area contributed by atoms with Gasteiger partial charge in [-0.15, -0.1) is 11.8 Å². The third kappa shape index (κ3) is 3.69. The molecule has 0 fully saturated rings. The van der Waals surface area contributed by atoms with Crippen LogP contribution in [0.15, 0.2) is 126 Å². The van der Waals surface area contributed by atoms with E-state index in [2.05, 4.69) is 70.2 Å². The Morgan fingerprint density at radius 3 is 2.51 bits per heavy atom. The van der Waals surface area contributed by atoms with Crippen LogP contribution in [0, 0.1) is 0 Å². The smallest absolute Gasteiger partial charge is 0.145 e. The highest BCUT2D eigenvalue weighted by Crippen LogP contribution is 2.54. The molecule has 2 aliphatic rings. The van der Waals surface area contributed by atoms with Gasteiger partial charge in [0.05, 0.1) is 17.1 Å². The van der Waals surface area contributed by atoms with Gasteiger partial charge in [0.2, 0.25) is 0 Å². The maximum absolute atomic E-state index is 6.37. The quantitative estimate of drug-likeness (QED) is 0.233. The summed E-state index contributed by atoms with van der Waals surface area (Å²) in [6.45, 7) is 0. The minimum atomic E-state index is 0.313. The molecule has 4 nitrogen and oxygen atoms in total. The van der Waals surface area contributed by atoms with Gasteiger partial charge < -0.3 is 4.74 Å². The van der Waals surface area contributed by atoms with Crippen LogP contribution in [0.1, 0.15) is 22.7 Å². The van der Waals surface area contributed by atoms with Gasteiger partial charge in [-0.2, -0.15) is 0 Å². The zero-order chi connectivity index (χ0) is 25.8. The zero-order valence-electron chi connectivity index (χ0n) is 20.9. The molecule has 0 amide bonds. The molecule has 1 aliphatic carbocycles. The van der Waals surface area contributed by atoms with Crippen LogP contribution in [0.25, 0.3) is 34.1 Å². The summed E-state index contributed by atoms with van der Waals surface area (Å²) in [5, 5.41) is 1.61. The number of pyridine rings is 2. The van der Waals surface area contributed by atoms with Crippen LogP contribution < -0.4 is 4.74 Å². The standard InChI is InChI=1S/C34H23N3OS/c1-2-15-30-26(12-1)33-31(39-30)17-16-29-32(33)27-13-7-19-36-34(27)37(29)23-9-6-11-25(21-23)38-24-10-5-8-22(20-24)28-14-3-4-18-35-28/h1-21,31,33H. The Hall–Kier alpha value is -4.61. The van der Waals surface area contributed by atoms with Crippen molar-refractivity contribution in [3.8, 4) is 28.4 Å². The SMILES string of the molecule is C1=CC2Sc3ccccc3C2c2c1n(-c1cccc(Oc3cccc(-c4ccccn4)c3)c1)c1ncccc21. The second-order valence-electron chi connectivity index (χ2n) is 9.81. The predicted octanol–water partition coefficient (Wildman–Crippen LogP) is 8.51. The predicted molar refractivity (Wildman–Crippen MR) is 158 cm³/mol. The minimum absolute atomic E-state index is 0.313. The van der Waals surface area contributed by atoms with E-state index in [1.165, 1.54) is 27.1 Å². The van der Waals surface area contributed by atoms with Crippen LogP contribution in [0.2, 0.25) is 0 Å². The highest BCUT2D eigenvalue weighted by Gasteiger charge is 2.39. The monoisotopic (exact) mass is 521 g/mol. The van der Waals surface area contributed by atoms with Crippen molar-refractivity contribution in [3.63, 3.8) is 0 Å². The van der Waals surface area contributed by atoms with Crippen LogP contribution in [-0.2, 0) is 0 Å². The fraction of sp³-hybridized carbons (Fsp3) is 0.0588. The van der Waals surface area contributed by atoms with Crippen molar-refractivity contribution >= 4 is 28.9 Å². The molecule has 0 saturated heterocycles. The number of aromatic nitrogens is 3. The molecule has 1 aliphatic heterocycles. The molecule has 0 spiro atoms. The molecule has 39 heavy (non-hydrogen) atoms. The van der Waals surface area contributed by atoms with Crippen LogP contribution >= 0.6 is 11.8 Å². The van der Waals surface area contributed by atoms with E-state index in [9.17, 15) is 0 Å². The molecule has 2 unspecified atom stereocenters. The van der Waals surface area contributed by atoms with Crippen molar-refractivity contribution in [2.45, 2.75) is 16.1 Å². The summed E-state index contributed by atoms with van der Waals surface area (Å²) < 4.78 is 8.65. The lowest BCUT2D eigenvalue weighted by Crippen LogP contribution is -2.14. The molecule has 5 heteroatoms. The van der Waals surface area contributed by atoms with Crippen molar-refractivity contribution < 1.29 is 4.74 Å². The lowest BCUT2D eigenvalue weighted by Gasteiger charge is -2.22. The van der Waals surface area contributed by atoms with E-state index in [0.29, 0.717) is 11.2 Å². The van der Waals surface area contributed by atoms with Crippen LogP contribution in [-0.4, -0.2) is 19.8 Å². The summed E-state index contributed by atoms with van der Waals surface area (Å²) in [6.07, 6.45) is 8.33. The number of hydrogen-bond acceptors (Lipinski definition) is 4. The van der Waals surface area contributed by atoms with E-state index >= 15 is 0 Å². The van der Waals surface area contributed by atoms with Crippen LogP contribution in [0.4, 0.5) is 0 Å². The molecule has 4 heterocycles. The average Bonchev–Trinajstić information content (AvgIpc) is 3.53. The Kier molecular flexibility index (Phi) is 5.16. The van der Waals surface area contributed by atoms with E-state index in [-0.39, 0.29) is 0 Å². The highest BCUT2D eigenvalue weighted by molar-refractivity contribution is 8.00. The van der Waals surface area contributed by atoms with E-state index < -0.39 is 0 Å². The zero-order valence-corrected chi connectivity index (χ0v) is 21.8. The first-order chi connectivity index (χ1) is 19.3. The summed E-state index contributed by atoms with van der Waals surface area (Å²) in [7, 11) is 0. The van der Waals surface area contributed by atoms with Crippen molar-refractivity contribution in [3.05, 3.63) is 138 Å². The van der Waals surface area contributed by atoms with Gasteiger partial charge in [0.25, 0.3) is 0 Å². The van der Waals surface area contributed by atoms with E-state index in [1.807, 2.05) is 78.8 Å². The number of nitrogens with zero attached hydrogens (tertiary/aromatic N) is 3. The summed E-state index contributed by atoms with van der Waals surface area (Å²) in [5.74, 6) is 1.86. The van der Waals surface area contributed by atoms with Gasteiger partial charge in [0.15, 0.2) is 0 Å². The number of rotatable bonds is 4. The molecule has 186 valence electrons. The molecule has 0 saturated carbocycles. The lowest BCUT2D eigenvalue weighted by molar-refractivity contribution is 0.482. The van der Waals surface area contributed by atoms with E-state index in [0.717, 1.165) is 34.1 Å². The van der Waals surface area contributed by atoms with E-state index in [1.54, 1.807) is 0 Å². The second-order valence-corrected chi connectivity index (χ2v) is 11.0. The largest absolute Gasteiger partial charge is 0.457 e. The van der Waals surface area contributed by atoms with Crippen molar-refractivity contribution in [2.75, 3.05) is 0 Å². The molecule has 0 N–H and O–H groups in total. The number of hydrogen-bond donors (Lipinski definition) is 0. The number of thioether (sulfide) groups is 1. The van der Waals surface area contributed by atoms with Crippen molar-refractivity contribution in [1.29, 1.82) is 0 Å². The molecule has 8 rings (SSSR count). The van der Waals surface area contributed by atoms with Gasteiger partial charge in [-0.3, -0.25) is 9.55 Å². The molecule has 3 aromatic heterocycles. The number of benzene rings is 3. The van der Waals surface area contributed by atoms with E-state index in [4.69, 9.17) is 9.72 Å². The van der Waals surface area contributed by atoms with Gasteiger partial charge in [0, 0.05) is 45.5 Å². The van der Waals surface area contributed by atoms with Gasteiger partial charge >= 0.3 is 0 Å². The number of fused-ring (bicyclic) bond motifs is 7. The number of ether oxygens (including phenoxy) is 1. The van der Waals surface area contributed by atoms with Gasteiger partial charge in [-0.25, -0.2) is 4.98 Å². The van der Waals surface area contributed by atoms with Gasteiger partial charge in [0.1, 0.15) is 17.1 Å². The summed E-state index contributed by atoms with van der Waals surface area (Å²) in [5.41, 5.74) is 7.90. The highest BCUT2D eigenvalue weighted by atomic mass is 32.2. The Morgan fingerprint density at radius 1 is 0.744 bits per heavy atom. The fourth-order valence-corrected chi connectivity index (χ4v) is 7.23. The Morgan fingerprint density at radius 2 is 1.59 bits per heavy atom. The van der Waals surface area contributed by atoms with Crippen molar-refractivity contribution in [2.24, 2.45) is 0 Å². The topological polar surface area (TPSA) is 39.9 Å². The molecule has 6 aromatic rings. The molecule has 2 atom stereocenters. The van der Waals surface area contributed by atoms with Gasteiger partial charge in [-0.05, 0) is 71.8 Å². The van der Waals surface area contributed by atoms with Crippen molar-refractivity contribution in [1.82, 2.24) is 14.5 Å². The lowest BCUT2D eigenvalue weighted by atomic mass is 9.84. The third-order valence-electron chi connectivity index (χ3n) is 7.51. The molecular weight excluding hydrogens is 498 g/mol. The van der Waals surface area contributed by atoms with Gasteiger partial charge in [-0.1, -0.05) is 48.5 Å². The first kappa shape index (κ1) is 22.4. The molecular formula is C34H23N3OS. The summed E-state index contributed by atoms with van der Waals surface area (Å²) in [4.78, 5) is 10.7. The van der Waals surface area contributed by atoms with Crippen LogP contribution in [0.5, 0.6) is 11.5 Å². The maximum Gasteiger partial charge on any atom is 0.145 e. The Balaban J connectivity index is 1.22. The van der Waals surface area contributed by atoms with Crippen LogP contribution in [0.3, 0.4) is 0 Å². The summed E-state index contributed by atoms with van der Waals surface area (Å²) >= 11 is 1.96. The minimum Gasteiger partial charge on any atom is -0.457 e. The normalized spacial score (nSPS) is 17.0. The first-order valence-electron chi connectivity index (χ1n) is 13.1. The Labute approximate surface area is 230 Å². The first-order valence-corrected chi connectivity index (χ1v) is 13.9. The Bertz CT molecular complexity index is 1890.